The van der Waals surface area contributed by atoms with Crippen LogP contribution in [0.2, 0.25) is 0 Å². The minimum absolute atomic E-state index is 0.0864. The first-order valence-electron chi connectivity index (χ1n) is 9.82. The molecule has 0 aromatic carbocycles. The van der Waals surface area contributed by atoms with Gasteiger partial charge in [-0.2, -0.15) is 13.2 Å². The Labute approximate surface area is 169 Å². The number of piperidine rings is 1. The summed E-state index contributed by atoms with van der Waals surface area (Å²) in [5.74, 6) is -0.752. The summed E-state index contributed by atoms with van der Waals surface area (Å²) < 4.78 is 43.8. The van der Waals surface area contributed by atoms with E-state index in [1.807, 2.05) is 13.8 Å². The summed E-state index contributed by atoms with van der Waals surface area (Å²) in [7, 11) is 1.28. The number of aliphatic hydroxyl groups is 1. The lowest BCUT2D eigenvalue weighted by Crippen LogP contribution is -2.45. The van der Waals surface area contributed by atoms with Gasteiger partial charge in [0.2, 0.25) is 0 Å². The Hall–Kier alpha value is -2.09. The van der Waals surface area contributed by atoms with Crippen molar-refractivity contribution in [1.82, 2.24) is 4.90 Å². The lowest BCUT2D eigenvalue weighted by atomic mass is 9.92. The topological polar surface area (TPSA) is 66.8 Å². The molecule has 0 saturated carbocycles. The standard InChI is InChI=1S/C19H24F3NO4.C2H6/c1-18(26,19(20,21)22)14-7-5-6-13(9-10-14)17(25)23-11-4-3-8-15(23)12-16(24)27-2;1-2/h5-6,9-10,15,26H,3-4,7-8,11-12H2,1-2H3;1-2H3. The predicted molar refractivity (Wildman–Crippen MR) is 104 cm³/mol. The number of nitrogens with zero attached hydrogens (tertiary/aromatic N) is 1. The lowest BCUT2D eigenvalue weighted by Gasteiger charge is -2.35. The Kier molecular flexibility index (Phi) is 9.14. The zero-order chi connectivity index (χ0) is 22.2. The Morgan fingerprint density at radius 3 is 2.48 bits per heavy atom. The first kappa shape index (κ1) is 24.9. The van der Waals surface area contributed by atoms with Crippen molar-refractivity contribution in [3.63, 3.8) is 0 Å². The van der Waals surface area contributed by atoms with E-state index in [1.165, 1.54) is 25.3 Å². The van der Waals surface area contributed by atoms with Gasteiger partial charge in [-0.05, 0) is 44.3 Å². The van der Waals surface area contributed by atoms with E-state index in [9.17, 15) is 27.9 Å². The van der Waals surface area contributed by atoms with Crippen LogP contribution in [0.3, 0.4) is 0 Å². The van der Waals surface area contributed by atoms with Gasteiger partial charge in [0.1, 0.15) is 0 Å². The van der Waals surface area contributed by atoms with Crippen LogP contribution in [0.25, 0.3) is 0 Å². The van der Waals surface area contributed by atoms with Crippen molar-refractivity contribution in [3.8, 4) is 0 Å². The maximum absolute atomic E-state index is 13.0. The van der Waals surface area contributed by atoms with E-state index in [2.05, 4.69) is 4.74 Å². The van der Waals surface area contributed by atoms with Crippen LogP contribution in [0, 0.1) is 0 Å². The molecule has 2 aliphatic rings. The zero-order valence-electron chi connectivity index (χ0n) is 17.4. The molecule has 0 aromatic rings. The van der Waals surface area contributed by atoms with E-state index < -0.39 is 17.7 Å². The fraction of sp³-hybridized carbons (Fsp3) is 0.619. The number of likely N-dealkylation sites (tertiary alicyclic amines) is 1. The largest absolute Gasteiger partial charge is 0.469 e. The molecule has 2 atom stereocenters. The summed E-state index contributed by atoms with van der Waals surface area (Å²) >= 11 is 0. The number of hydrogen-bond donors (Lipinski definition) is 1. The molecule has 1 amide bonds. The number of carbonyl (C=O) groups excluding carboxylic acids is 2. The van der Waals surface area contributed by atoms with Crippen LogP contribution in [-0.4, -0.2) is 53.4 Å². The Bertz CT molecular complexity index is 678. The second-order valence-electron chi connectivity index (χ2n) is 6.92. The van der Waals surface area contributed by atoms with Gasteiger partial charge in [-0.3, -0.25) is 9.59 Å². The lowest BCUT2D eigenvalue weighted by molar-refractivity contribution is -0.237. The molecule has 0 aromatic heterocycles. The minimum Gasteiger partial charge on any atom is -0.469 e. The van der Waals surface area contributed by atoms with Gasteiger partial charge in [-0.1, -0.05) is 32.1 Å². The van der Waals surface area contributed by atoms with Crippen LogP contribution in [0.1, 0.15) is 52.9 Å². The van der Waals surface area contributed by atoms with E-state index in [-0.39, 0.29) is 35.9 Å². The summed E-state index contributed by atoms with van der Waals surface area (Å²) in [4.78, 5) is 26.1. The number of carbonyl (C=O) groups is 2. The average Bonchev–Trinajstić information content (AvgIpc) is 2.95. The number of rotatable bonds is 4. The molecule has 1 saturated heterocycles. The molecule has 1 aliphatic carbocycles. The van der Waals surface area contributed by atoms with Crippen molar-refractivity contribution in [2.24, 2.45) is 0 Å². The number of esters is 1. The second-order valence-corrected chi connectivity index (χ2v) is 6.92. The highest BCUT2D eigenvalue weighted by molar-refractivity contribution is 5.97. The number of allylic oxidation sites excluding steroid dienone is 3. The summed E-state index contributed by atoms with van der Waals surface area (Å²) in [5.41, 5.74) is -2.98. The van der Waals surface area contributed by atoms with E-state index in [0.717, 1.165) is 18.9 Å². The molecule has 29 heavy (non-hydrogen) atoms. The van der Waals surface area contributed by atoms with E-state index >= 15 is 0 Å². The van der Waals surface area contributed by atoms with Crippen LogP contribution in [0.5, 0.6) is 0 Å². The summed E-state index contributed by atoms with van der Waals surface area (Å²) in [6, 6.07) is -0.294. The van der Waals surface area contributed by atoms with Gasteiger partial charge in [0.05, 0.1) is 13.5 Å². The van der Waals surface area contributed by atoms with Gasteiger partial charge in [0.25, 0.3) is 5.91 Å². The summed E-state index contributed by atoms with van der Waals surface area (Å²) in [6.45, 7) is 5.17. The van der Waals surface area contributed by atoms with Crippen molar-refractivity contribution in [2.75, 3.05) is 13.7 Å². The SMILES string of the molecule is CC.COC(=O)CC1CCCCN1C(=O)C1=CC=C(C(C)(O)C(F)(F)F)CC=C1. The zero-order valence-corrected chi connectivity index (χ0v) is 17.4. The van der Waals surface area contributed by atoms with E-state index in [1.54, 1.807) is 4.90 Å². The fourth-order valence-electron chi connectivity index (χ4n) is 3.23. The van der Waals surface area contributed by atoms with Crippen LogP contribution >= 0.6 is 0 Å². The minimum atomic E-state index is -4.81. The quantitative estimate of drug-likeness (QED) is 0.700. The van der Waals surface area contributed by atoms with Crippen LogP contribution < -0.4 is 0 Å². The molecule has 5 nitrogen and oxygen atoms in total. The van der Waals surface area contributed by atoms with Crippen molar-refractivity contribution >= 4 is 11.9 Å². The highest BCUT2D eigenvalue weighted by Gasteiger charge is 2.51. The van der Waals surface area contributed by atoms with E-state index in [4.69, 9.17) is 0 Å². The predicted octanol–water partition coefficient (Wildman–Crippen LogP) is 4.08. The maximum atomic E-state index is 13.0. The van der Waals surface area contributed by atoms with Gasteiger partial charge in [-0.15, -0.1) is 0 Å². The molecule has 1 N–H and O–H groups in total. The molecular formula is C21H30F3NO4. The third-order valence-corrected chi connectivity index (χ3v) is 5.04. The van der Waals surface area contributed by atoms with Crippen LogP contribution in [-0.2, 0) is 14.3 Å². The highest BCUT2D eigenvalue weighted by Crippen LogP contribution is 2.38. The molecule has 8 heteroatoms. The molecule has 0 radical (unpaired) electrons. The van der Waals surface area contributed by atoms with Crippen molar-refractivity contribution < 1.29 is 32.6 Å². The normalized spacial score (nSPS) is 21.7. The van der Waals surface area contributed by atoms with Gasteiger partial charge in [0, 0.05) is 18.2 Å². The first-order chi connectivity index (χ1) is 13.6. The maximum Gasteiger partial charge on any atom is 0.420 e. The van der Waals surface area contributed by atoms with Crippen molar-refractivity contribution in [2.45, 2.75) is 70.7 Å². The number of hydrogen-bond acceptors (Lipinski definition) is 4. The molecule has 1 fully saturated rings. The number of methoxy groups -OCH3 is 1. The number of amides is 1. The molecule has 0 spiro atoms. The molecule has 0 bridgehead atoms. The smallest absolute Gasteiger partial charge is 0.420 e. The third-order valence-electron chi connectivity index (χ3n) is 5.04. The Balaban J connectivity index is 0.00000204. The van der Waals surface area contributed by atoms with Gasteiger partial charge in [0.15, 0.2) is 5.60 Å². The van der Waals surface area contributed by atoms with Gasteiger partial charge < -0.3 is 14.7 Å². The first-order valence-corrected chi connectivity index (χ1v) is 9.82. The van der Waals surface area contributed by atoms with E-state index in [0.29, 0.717) is 19.9 Å². The second kappa shape index (κ2) is 10.6. The summed E-state index contributed by atoms with van der Waals surface area (Å²) in [5, 5.41) is 9.84. The van der Waals surface area contributed by atoms with Crippen LogP contribution in [0.15, 0.2) is 35.5 Å². The van der Waals surface area contributed by atoms with Gasteiger partial charge in [-0.25, -0.2) is 0 Å². The van der Waals surface area contributed by atoms with Crippen molar-refractivity contribution in [3.05, 3.63) is 35.5 Å². The fourth-order valence-corrected chi connectivity index (χ4v) is 3.23. The molecule has 1 heterocycles. The molecule has 1 aliphatic heterocycles. The number of halogens is 3. The third kappa shape index (κ3) is 6.19. The number of ether oxygens (including phenoxy) is 1. The number of alkyl halides is 3. The molecular weight excluding hydrogens is 387 g/mol. The van der Waals surface area contributed by atoms with Gasteiger partial charge >= 0.3 is 12.1 Å². The molecule has 2 unspecified atom stereocenters. The van der Waals surface area contributed by atoms with Crippen molar-refractivity contribution in [1.29, 1.82) is 0 Å². The molecule has 164 valence electrons. The highest BCUT2D eigenvalue weighted by atomic mass is 19.4. The summed E-state index contributed by atoms with van der Waals surface area (Å²) in [6.07, 6.45) is 2.85. The average molecular weight is 417 g/mol. The Morgan fingerprint density at radius 2 is 1.90 bits per heavy atom. The van der Waals surface area contributed by atoms with Crippen LogP contribution in [0.4, 0.5) is 13.2 Å². The monoisotopic (exact) mass is 417 g/mol. The Morgan fingerprint density at radius 1 is 1.24 bits per heavy atom. The molecule has 2 rings (SSSR count).